The number of rotatable bonds is 11. The van der Waals surface area contributed by atoms with Crippen molar-refractivity contribution in [3.8, 4) is 12.3 Å². The standard InChI is InChI=1S/C26H46N2O4Si2/c1-12-13-16-28-21-22(14-15-23(28)29)24(30)27(17-19-31-33(8,9)25(2,3)4)18-20-32-34(10,11)26(5,6)7/h1,14-15,21H,13,16-20H2,2-11H3. The summed E-state index contributed by atoms with van der Waals surface area (Å²) in [6.07, 6.45) is 7.39. The van der Waals surface area contributed by atoms with E-state index in [-0.39, 0.29) is 21.5 Å². The van der Waals surface area contributed by atoms with Crippen molar-refractivity contribution < 1.29 is 13.6 Å². The molecule has 1 amide bonds. The number of amides is 1. The molecule has 0 fully saturated rings. The molecular formula is C26H46N2O4Si2. The number of hydrogen-bond acceptors (Lipinski definition) is 4. The zero-order valence-corrected chi connectivity index (χ0v) is 25.1. The number of terminal acetylenes is 1. The predicted molar refractivity (Wildman–Crippen MR) is 146 cm³/mol. The molecule has 1 aromatic rings. The van der Waals surface area contributed by atoms with Crippen molar-refractivity contribution in [3.05, 3.63) is 34.2 Å². The molecule has 192 valence electrons. The van der Waals surface area contributed by atoms with Gasteiger partial charge in [0.1, 0.15) is 0 Å². The number of aromatic nitrogens is 1. The lowest BCUT2D eigenvalue weighted by Gasteiger charge is -2.38. The van der Waals surface area contributed by atoms with Gasteiger partial charge in [-0.15, -0.1) is 12.3 Å². The van der Waals surface area contributed by atoms with Crippen LogP contribution in [0.2, 0.25) is 36.3 Å². The summed E-state index contributed by atoms with van der Waals surface area (Å²) < 4.78 is 14.2. The topological polar surface area (TPSA) is 60.8 Å². The fraction of sp³-hybridized carbons (Fsp3) is 0.692. The first-order chi connectivity index (χ1) is 15.4. The molecule has 0 bridgehead atoms. The summed E-state index contributed by atoms with van der Waals surface area (Å²) in [5.41, 5.74) is 0.303. The number of pyridine rings is 1. The second-order valence-corrected chi connectivity index (χ2v) is 21.5. The van der Waals surface area contributed by atoms with Crippen LogP contribution in [0.25, 0.3) is 0 Å². The lowest BCUT2D eigenvalue weighted by Crippen LogP contribution is -2.46. The Balaban J connectivity index is 3.05. The number of carbonyl (C=O) groups excluding carboxylic acids is 1. The van der Waals surface area contributed by atoms with Crippen LogP contribution in [0, 0.1) is 12.3 Å². The van der Waals surface area contributed by atoms with E-state index in [0.29, 0.717) is 44.8 Å². The SMILES string of the molecule is C#CCCn1cc(C(=O)N(CCO[Si](C)(C)C(C)(C)C)CCO[Si](C)(C)C(C)(C)C)ccc1=O. The lowest BCUT2D eigenvalue weighted by molar-refractivity contribution is 0.0691. The molecule has 0 aliphatic rings. The average Bonchev–Trinajstić information content (AvgIpc) is 2.69. The Labute approximate surface area is 209 Å². The molecule has 0 aliphatic heterocycles. The van der Waals surface area contributed by atoms with Gasteiger partial charge in [0.05, 0.1) is 18.8 Å². The van der Waals surface area contributed by atoms with Crippen LogP contribution in [0.3, 0.4) is 0 Å². The van der Waals surface area contributed by atoms with Crippen molar-refractivity contribution in [1.82, 2.24) is 9.47 Å². The maximum absolute atomic E-state index is 13.5. The van der Waals surface area contributed by atoms with E-state index in [1.807, 2.05) is 0 Å². The van der Waals surface area contributed by atoms with Crippen LogP contribution in [0.5, 0.6) is 0 Å². The molecule has 1 aromatic heterocycles. The molecule has 0 unspecified atom stereocenters. The van der Waals surface area contributed by atoms with Crippen molar-refractivity contribution in [1.29, 1.82) is 0 Å². The third-order valence-electron chi connectivity index (χ3n) is 7.28. The highest BCUT2D eigenvalue weighted by Crippen LogP contribution is 2.37. The largest absolute Gasteiger partial charge is 0.415 e. The molecule has 0 atom stereocenters. The van der Waals surface area contributed by atoms with Crippen molar-refractivity contribution in [3.63, 3.8) is 0 Å². The summed E-state index contributed by atoms with van der Waals surface area (Å²) in [4.78, 5) is 27.4. The summed E-state index contributed by atoms with van der Waals surface area (Å²) in [5.74, 6) is 2.41. The molecule has 0 radical (unpaired) electrons. The van der Waals surface area contributed by atoms with Crippen LogP contribution in [-0.2, 0) is 15.4 Å². The van der Waals surface area contributed by atoms with Gasteiger partial charge in [-0.05, 0) is 42.3 Å². The number of carbonyl (C=O) groups is 1. The van der Waals surface area contributed by atoms with E-state index in [9.17, 15) is 9.59 Å². The summed E-state index contributed by atoms with van der Waals surface area (Å²) in [6.45, 7) is 24.3. The summed E-state index contributed by atoms with van der Waals surface area (Å²) >= 11 is 0. The first-order valence-electron chi connectivity index (χ1n) is 12.1. The average molecular weight is 507 g/mol. The zero-order chi connectivity index (χ0) is 26.4. The van der Waals surface area contributed by atoms with Crippen LogP contribution < -0.4 is 5.56 Å². The maximum Gasteiger partial charge on any atom is 0.255 e. The molecule has 6 nitrogen and oxygen atoms in total. The van der Waals surface area contributed by atoms with Crippen LogP contribution in [0.15, 0.2) is 23.1 Å². The van der Waals surface area contributed by atoms with E-state index in [1.54, 1.807) is 17.2 Å². The Hall–Kier alpha value is -1.67. The highest BCUT2D eigenvalue weighted by molar-refractivity contribution is 6.74. The van der Waals surface area contributed by atoms with Gasteiger partial charge in [-0.1, -0.05) is 41.5 Å². The van der Waals surface area contributed by atoms with Gasteiger partial charge in [-0.25, -0.2) is 0 Å². The van der Waals surface area contributed by atoms with Crippen LogP contribution in [-0.4, -0.2) is 58.3 Å². The monoisotopic (exact) mass is 506 g/mol. The molecule has 1 rings (SSSR count). The molecule has 0 saturated heterocycles. The van der Waals surface area contributed by atoms with Gasteiger partial charge in [0.2, 0.25) is 0 Å². The zero-order valence-electron chi connectivity index (χ0n) is 23.1. The Morgan fingerprint density at radius 2 is 1.44 bits per heavy atom. The molecule has 8 heteroatoms. The van der Waals surface area contributed by atoms with E-state index in [0.717, 1.165) is 0 Å². The molecule has 0 aromatic carbocycles. The molecular weight excluding hydrogens is 460 g/mol. The number of aryl methyl sites for hydroxylation is 1. The fourth-order valence-corrected chi connectivity index (χ4v) is 4.84. The van der Waals surface area contributed by atoms with E-state index >= 15 is 0 Å². The number of hydrogen-bond donors (Lipinski definition) is 0. The highest BCUT2D eigenvalue weighted by Gasteiger charge is 2.38. The van der Waals surface area contributed by atoms with E-state index in [2.05, 4.69) is 73.7 Å². The summed E-state index contributed by atoms with van der Waals surface area (Å²) in [6, 6.07) is 3.02. The summed E-state index contributed by atoms with van der Waals surface area (Å²) in [7, 11) is -3.86. The lowest BCUT2D eigenvalue weighted by atomic mass is 10.2. The normalized spacial score (nSPS) is 13.0. The van der Waals surface area contributed by atoms with E-state index in [4.69, 9.17) is 15.3 Å². The Bertz CT molecular complexity index is 886. The first-order valence-corrected chi connectivity index (χ1v) is 18.0. The summed E-state index contributed by atoms with van der Waals surface area (Å²) in [5, 5.41) is 0.194. The Kier molecular flexibility index (Phi) is 10.6. The van der Waals surface area contributed by atoms with Crippen molar-refractivity contribution in [2.45, 2.75) is 90.8 Å². The molecule has 0 N–H and O–H groups in total. The van der Waals surface area contributed by atoms with Crippen molar-refractivity contribution >= 4 is 22.5 Å². The third-order valence-corrected chi connectivity index (χ3v) is 16.4. The minimum Gasteiger partial charge on any atom is -0.415 e. The molecule has 1 heterocycles. The molecule has 0 spiro atoms. The number of nitrogens with zero attached hydrogens (tertiary/aromatic N) is 2. The van der Waals surface area contributed by atoms with Crippen LogP contribution in [0.1, 0.15) is 58.3 Å². The van der Waals surface area contributed by atoms with Gasteiger partial charge in [0.25, 0.3) is 11.5 Å². The Morgan fingerprint density at radius 3 is 1.85 bits per heavy atom. The van der Waals surface area contributed by atoms with Crippen LogP contribution in [0.4, 0.5) is 0 Å². The molecule has 34 heavy (non-hydrogen) atoms. The van der Waals surface area contributed by atoms with Gasteiger partial charge >= 0.3 is 0 Å². The van der Waals surface area contributed by atoms with E-state index < -0.39 is 16.6 Å². The van der Waals surface area contributed by atoms with Gasteiger partial charge in [-0.3, -0.25) is 9.59 Å². The van der Waals surface area contributed by atoms with Crippen molar-refractivity contribution in [2.75, 3.05) is 26.3 Å². The smallest absolute Gasteiger partial charge is 0.255 e. The van der Waals surface area contributed by atoms with Gasteiger partial charge in [-0.2, -0.15) is 0 Å². The quantitative estimate of drug-likeness (QED) is 0.299. The van der Waals surface area contributed by atoms with Crippen molar-refractivity contribution in [2.24, 2.45) is 0 Å². The van der Waals surface area contributed by atoms with E-state index in [1.165, 1.54) is 10.6 Å². The first kappa shape index (κ1) is 30.4. The maximum atomic E-state index is 13.5. The van der Waals surface area contributed by atoms with Gasteiger partial charge in [0, 0.05) is 38.3 Å². The molecule has 0 saturated carbocycles. The molecule has 0 aliphatic carbocycles. The fourth-order valence-electron chi connectivity index (χ4n) is 2.77. The minimum atomic E-state index is -1.93. The minimum absolute atomic E-state index is 0.0970. The Morgan fingerprint density at radius 1 is 0.971 bits per heavy atom. The second kappa shape index (κ2) is 11.8. The second-order valence-electron chi connectivity index (χ2n) is 11.9. The van der Waals surface area contributed by atoms with Crippen LogP contribution >= 0.6 is 0 Å². The predicted octanol–water partition coefficient (Wildman–Crippen LogP) is 5.36. The third kappa shape index (κ3) is 8.52. The highest BCUT2D eigenvalue weighted by atomic mass is 28.4. The van der Waals surface area contributed by atoms with Gasteiger partial charge < -0.3 is 18.3 Å². The van der Waals surface area contributed by atoms with Gasteiger partial charge in [0.15, 0.2) is 16.6 Å².